The first-order valence-electron chi connectivity index (χ1n) is 13.4. The van der Waals surface area contributed by atoms with Gasteiger partial charge >= 0.3 is 6.61 Å². The van der Waals surface area contributed by atoms with Gasteiger partial charge in [-0.3, -0.25) is 19.2 Å². The van der Waals surface area contributed by atoms with Crippen LogP contribution in [-0.2, 0) is 16.1 Å². The lowest BCUT2D eigenvalue weighted by atomic mass is 10.0. The van der Waals surface area contributed by atoms with Gasteiger partial charge in [0.25, 0.3) is 5.91 Å². The molecule has 2 amide bonds. The minimum absolute atomic E-state index is 0.0192. The average Bonchev–Trinajstić information content (AvgIpc) is 3.73. The van der Waals surface area contributed by atoms with E-state index in [0.29, 0.717) is 45.5 Å². The number of carbonyl (C=O) groups is 2. The van der Waals surface area contributed by atoms with Crippen LogP contribution in [0, 0.1) is 0 Å². The number of fused-ring (bicyclic) bond motifs is 1. The van der Waals surface area contributed by atoms with Crippen LogP contribution < -0.4 is 10.5 Å². The molecule has 3 aromatic heterocycles. The Morgan fingerprint density at radius 2 is 1.93 bits per heavy atom. The first-order valence-corrected chi connectivity index (χ1v) is 14.2. The molecule has 0 saturated carbocycles. The molecule has 0 spiro atoms. The molecular formula is C27H29F2N7O4S. The maximum Gasteiger partial charge on any atom is 0.387 e. The van der Waals surface area contributed by atoms with Crippen molar-refractivity contribution in [2.75, 3.05) is 39.4 Å². The van der Waals surface area contributed by atoms with Crippen molar-refractivity contribution in [3.8, 4) is 22.7 Å². The molecule has 2 aliphatic rings. The Morgan fingerprint density at radius 3 is 2.61 bits per heavy atom. The Morgan fingerprint density at radius 1 is 1.15 bits per heavy atom. The van der Waals surface area contributed by atoms with Gasteiger partial charge in [0.1, 0.15) is 23.7 Å². The largest absolute Gasteiger partial charge is 0.434 e. The molecular weight excluding hydrogens is 556 g/mol. The summed E-state index contributed by atoms with van der Waals surface area (Å²) in [5.74, 6) is -0.801. The van der Waals surface area contributed by atoms with Gasteiger partial charge < -0.3 is 20.1 Å². The zero-order valence-electron chi connectivity index (χ0n) is 22.1. The number of likely N-dealkylation sites (tertiary alicyclic amines) is 1. The third-order valence-electron chi connectivity index (χ3n) is 7.50. The van der Waals surface area contributed by atoms with E-state index in [-0.39, 0.29) is 23.8 Å². The minimum atomic E-state index is -3.09. The molecule has 216 valence electrons. The van der Waals surface area contributed by atoms with Crippen LogP contribution in [0.15, 0.2) is 42.9 Å². The molecule has 14 heteroatoms. The Hall–Kier alpha value is -3.88. The third kappa shape index (κ3) is 5.80. The second-order valence-electron chi connectivity index (χ2n) is 10.0. The van der Waals surface area contributed by atoms with Gasteiger partial charge in [0, 0.05) is 54.9 Å². The Kier molecular flexibility index (Phi) is 7.69. The second kappa shape index (κ2) is 11.5. The second-order valence-corrected chi connectivity index (χ2v) is 11.1. The highest BCUT2D eigenvalue weighted by atomic mass is 32.1. The number of hydrogen-bond acceptors (Lipinski definition) is 8. The number of hydrogen-bond donors (Lipinski definition) is 1. The van der Waals surface area contributed by atoms with E-state index < -0.39 is 12.5 Å². The molecule has 0 unspecified atom stereocenters. The van der Waals surface area contributed by atoms with Crippen LogP contribution >= 0.6 is 11.3 Å². The van der Waals surface area contributed by atoms with E-state index in [4.69, 9.17) is 15.2 Å². The first-order chi connectivity index (χ1) is 19.9. The SMILES string of the molecule is NC(=O)c1cc2cc(OC(F)F)c(-c3nn(CC(=O)N4CCC(N5CCOCC5)CC4)cc3-n3cccn3)cc2s1. The average molecular weight is 586 g/mol. The van der Waals surface area contributed by atoms with Gasteiger partial charge in [-0.25, -0.2) is 4.68 Å². The molecule has 2 fully saturated rings. The number of morpholine rings is 1. The van der Waals surface area contributed by atoms with Crippen molar-refractivity contribution in [1.29, 1.82) is 0 Å². The van der Waals surface area contributed by atoms with Crippen LogP contribution in [0.1, 0.15) is 22.5 Å². The van der Waals surface area contributed by atoms with Crippen molar-refractivity contribution in [3.05, 3.63) is 47.7 Å². The normalized spacial score (nSPS) is 17.0. The number of thiophene rings is 1. The van der Waals surface area contributed by atoms with Crippen molar-refractivity contribution in [3.63, 3.8) is 0 Å². The van der Waals surface area contributed by atoms with Crippen LogP contribution in [0.25, 0.3) is 27.0 Å². The number of piperidine rings is 1. The zero-order valence-corrected chi connectivity index (χ0v) is 22.9. The summed E-state index contributed by atoms with van der Waals surface area (Å²) in [4.78, 5) is 29.6. The molecule has 4 aromatic rings. The summed E-state index contributed by atoms with van der Waals surface area (Å²) in [6.07, 6.45) is 6.75. The molecule has 2 N–H and O–H groups in total. The van der Waals surface area contributed by atoms with Gasteiger partial charge in [0.2, 0.25) is 5.91 Å². The Bertz CT molecular complexity index is 1540. The van der Waals surface area contributed by atoms with Crippen molar-refractivity contribution >= 4 is 33.2 Å². The molecule has 0 bridgehead atoms. The molecule has 0 atom stereocenters. The Balaban J connectivity index is 1.29. The van der Waals surface area contributed by atoms with Gasteiger partial charge in [-0.05, 0) is 42.5 Å². The molecule has 6 rings (SSSR count). The van der Waals surface area contributed by atoms with E-state index in [1.807, 2.05) is 4.90 Å². The molecule has 1 aromatic carbocycles. The van der Waals surface area contributed by atoms with Crippen LogP contribution in [-0.4, -0.2) is 93.2 Å². The van der Waals surface area contributed by atoms with Gasteiger partial charge in [-0.15, -0.1) is 11.3 Å². The van der Waals surface area contributed by atoms with Crippen molar-refractivity contribution in [2.24, 2.45) is 5.73 Å². The molecule has 0 radical (unpaired) electrons. The molecule has 2 saturated heterocycles. The van der Waals surface area contributed by atoms with Gasteiger partial charge in [-0.1, -0.05) is 0 Å². The topological polar surface area (TPSA) is 121 Å². The van der Waals surface area contributed by atoms with Gasteiger partial charge in [0.05, 0.1) is 24.3 Å². The van der Waals surface area contributed by atoms with Crippen LogP contribution in [0.3, 0.4) is 0 Å². The fraction of sp³-hybridized carbons (Fsp3) is 0.407. The van der Waals surface area contributed by atoms with E-state index in [1.54, 1.807) is 41.5 Å². The number of carbonyl (C=O) groups excluding carboxylic acids is 2. The number of benzene rings is 1. The number of aromatic nitrogens is 4. The maximum absolute atomic E-state index is 13.5. The van der Waals surface area contributed by atoms with Gasteiger partial charge in [-0.2, -0.15) is 19.0 Å². The highest BCUT2D eigenvalue weighted by molar-refractivity contribution is 7.20. The van der Waals surface area contributed by atoms with E-state index >= 15 is 0 Å². The lowest BCUT2D eigenvalue weighted by molar-refractivity contribution is -0.133. The molecule has 2 aliphatic heterocycles. The fourth-order valence-electron chi connectivity index (χ4n) is 5.49. The summed E-state index contributed by atoms with van der Waals surface area (Å²) in [7, 11) is 0. The van der Waals surface area contributed by atoms with E-state index in [9.17, 15) is 18.4 Å². The predicted molar refractivity (Wildman–Crippen MR) is 147 cm³/mol. The third-order valence-corrected chi connectivity index (χ3v) is 8.62. The molecule has 11 nitrogen and oxygen atoms in total. The highest BCUT2D eigenvalue weighted by Crippen LogP contribution is 2.40. The van der Waals surface area contributed by atoms with Crippen molar-refractivity contribution in [1.82, 2.24) is 29.4 Å². The summed E-state index contributed by atoms with van der Waals surface area (Å²) >= 11 is 1.15. The van der Waals surface area contributed by atoms with E-state index in [1.165, 1.54) is 10.7 Å². The van der Waals surface area contributed by atoms with E-state index in [0.717, 1.165) is 50.5 Å². The zero-order chi connectivity index (χ0) is 28.5. The summed E-state index contributed by atoms with van der Waals surface area (Å²) in [5, 5.41) is 9.49. The highest BCUT2D eigenvalue weighted by Gasteiger charge is 2.29. The fourth-order valence-corrected chi connectivity index (χ4v) is 6.43. The number of nitrogens with zero attached hydrogens (tertiary/aromatic N) is 6. The smallest absolute Gasteiger partial charge is 0.387 e. The van der Waals surface area contributed by atoms with Crippen molar-refractivity contribution < 1.29 is 27.8 Å². The monoisotopic (exact) mass is 585 g/mol. The summed E-state index contributed by atoms with van der Waals surface area (Å²) < 4.78 is 41.0. The Labute approximate surface area is 238 Å². The van der Waals surface area contributed by atoms with Crippen LogP contribution in [0.5, 0.6) is 5.75 Å². The lowest BCUT2D eigenvalue weighted by Crippen LogP contribution is -2.50. The molecule has 41 heavy (non-hydrogen) atoms. The summed E-state index contributed by atoms with van der Waals surface area (Å²) in [6.45, 7) is 1.54. The first kappa shape index (κ1) is 27.3. The molecule has 0 aliphatic carbocycles. The number of halogens is 2. The van der Waals surface area contributed by atoms with Gasteiger partial charge in [0.15, 0.2) is 0 Å². The number of ether oxygens (including phenoxy) is 2. The predicted octanol–water partition coefficient (Wildman–Crippen LogP) is 2.97. The summed E-state index contributed by atoms with van der Waals surface area (Å²) in [5.41, 5.74) is 6.51. The standard InChI is InChI=1S/C27H29F2N7O4S/c28-27(29)40-21-12-17-13-23(26(30)38)41-22(17)14-19(21)25-20(36-5-1-4-31-36)15-35(32-25)16-24(37)34-6-2-18(3-7-34)33-8-10-39-11-9-33/h1,4-5,12-15,18,27H,2-3,6-11,16H2,(H2,30,38). The minimum Gasteiger partial charge on any atom is -0.434 e. The van der Waals surface area contributed by atoms with E-state index in [2.05, 4.69) is 15.1 Å². The molecule has 5 heterocycles. The van der Waals surface area contributed by atoms with Crippen LogP contribution in [0.4, 0.5) is 8.78 Å². The number of rotatable bonds is 8. The number of nitrogens with two attached hydrogens (primary N) is 1. The number of alkyl halides is 2. The quantitative estimate of drug-likeness (QED) is 0.338. The summed E-state index contributed by atoms with van der Waals surface area (Å²) in [6, 6.07) is 6.79. The van der Waals surface area contributed by atoms with Crippen LogP contribution in [0.2, 0.25) is 0 Å². The number of primary amides is 1. The van der Waals surface area contributed by atoms with Crippen molar-refractivity contribution in [2.45, 2.75) is 32.0 Å². The maximum atomic E-state index is 13.5. The number of amides is 2. The lowest BCUT2D eigenvalue weighted by Gasteiger charge is -2.40.